The minimum atomic E-state index is -0.0969. The van der Waals surface area contributed by atoms with Gasteiger partial charge in [0.25, 0.3) is 0 Å². The molecule has 0 unspecified atom stereocenters. The van der Waals surface area contributed by atoms with Crippen LogP contribution in [0.4, 0.5) is 5.13 Å². The number of aryl methyl sites for hydroxylation is 2. The standard InChI is InChI=1S/C21H19N3O2S2/c1-12-7-8-15-17(9-12)28-21(22-15)23-18(25)11-27-19-10-13(2)14-5-4-6-16(26-3)20(14)24-19/h4-10H,11H2,1-3H3,(H,22,23,25). The van der Waals surface area contributed by atoms with E-state index in [1.54, 1.807) is 7.11 Å². The number of thioether (sulfide) groups is 1. The molecule has 0 atom stereocenters. The van der Waals surface area contributed by atoms with Crippen LogP contribution in [-0.2, 0) is 4.79 Å². The number of thiazole rings is 1. The molecule has 0 spiro atoms. The Morgan fingerprint density at radius 1 is 1.18 bits per heavy atom. The predicted octanol–water partition coefficient (Wildman–Crippen LogP) is 5.20. The number of amides is 1. The Kier molecular flexibility index (Phi) is 5.19. The summed E-state index contributed by atoms with van der Waals surface area (Å²) >= 11 is 2.89. The number of nitrogens with zero attached hydrogens (tertiary/aromatic N) is 2. The Balaban J connectivity index is 1.48. The SMILES string of the molecule is COc1cccc2c(C)cc(SCC(=O)Nc3nc4ccc(C)cc4s3)nc12. The lowest BCUT2D eigenvalue weighted by molar-refractivity contribution is -0.113. The number of para-hydroxylation sites is 1. The molecule has 0 aliphatic rings. The molecule has 0 aliphatic carbocycles. The molecule has 1 amide bonds. The molecule has 2 heterocycles. The number of benzene rings is 2. The highest BCUT2D eigenvalue weighted by molar-refractivity contribution is 7.99. The summed E-state index contributed by atoms with van der Waals surface area (Å²) in [6.07, 6.45) is 0. The second-order valence-electron chi connectivity index (χ2n) is 6.46. The van der Waals surface area contributed by atoms with Gasteiger partial charge in [0.2, 0.25) is 5.91 Å². The molecule has 5 nitrogen and oxygen atoms in total. The van der Waals surface area contributed by atoms with Crippen molar-refractivity contribution in [3.05, 3.63) is 53.6 Å². The predicted molar refractivity (Wildman–Crippen MR) is 117 cm³/mol. The Morgan fingerprint density at radius 2 is 2.04 bits per heavy atom. The third-order valence-corrected chi connectivity index (χ3v) is 6.19. The van der Waals surface area contributed by atoms with Gasteiger partial charge in [0, 0.05) is 5.39 Å². The highest BCUT2D eigenvalue weighted by Gasteiger charge is 2.11. The quantitative estimate of drug-likeness (QED) is 0.459. The molecule has 2 aromatic heterocycles. The molecule has 0 radical (unpaired) electrons. The fraction of sp³-hybridized carbons (Fsp3) is 0.190. The highest BCUT2D eigenvalue weighted by atomic mass is 32.2. The molecule has 4 rings (SSSR count). The summed E-state index contributed by atoms with van der Waals surface area (Å²) in [6, 6.07) is 13.9. The third kappa shape index (κ3) is 3.81. The minimum Gasteiger partial charge on any atom is -0.494 e. The van der Waals surface area contributed by atoms with Crippen molar-refractivity contribution in [2.45, 2.75) is 18.9 Å². The van der Waals surface area contributed by atoms with Crippen LogP contribution < -0.4 is 10.1 Å². The first-order valence-corrected chi connectivity index (χ1v) is 10.6. The molecular weight excluding hydrogens is 390 g/mol. The number of rotatable bonds is 5. The molecule has 1 N–H and O–H groups in total. The van der Waals surface area contributed by atoms with Crippen molar-refractivity contribution in [2.75, 3.05) is 18.2 Å². The van der Waals surface area contributed by atoms with Crippen molar-refractivity contribution in [1.82, 2.24) is 9.97 Å². The fourth-order valence-corrected chi connectivity index (χ4v) is 4.73. The molecule has 142 valence electrons. The van der Waals surface area contributed by atoms with Crippen molar-refractivity contribution in [2.24, 2.45) is 0 Å². The number of fused-ring (bicyclic) bond motifs is 2. The van der Waals surface area contributed by atoms with E-state index in [1.807, 2.05) is 50.2 Å². The van der Waals surface area contributed by atoms with Gasteiger partial charge < -0.3 is 10.1 Å². The van der Waals surface area contributed by atoms with Gasteiger partial charge in [-0.3, -0.25) is 4.79 Å². The van der Waals surface area contributed by atoms with E-state index in [1.165, 1.54) is 28.7 Å². The second kappa shape index (κ2) is 7.77. The molecule has 4 aromatic rings. The van der Waals surface area contributed by atoms with Crippen molar-refractivity contribution < 1.29 is 9.53 Å². The number of carbonyl (C=O) groups is 1. The summed E-state index contributed by atoms with van der Waals surface area (Å²) in [5.74, 6) is 0.903. The molecular formula is C21H19N3O2S2. The van der Waals surface area contributed by atoms with E-state index in [0.29, 0.717) is 5.13 Å². The van der Waals surface area contributed by atoms with Gasteiger partial charge in [-0.25, -0.2) is 9.97 Å². The largest absolute Gasteiger partial charge is 0.494 e. The van der Waals surface area contributed by atoms with Gasteiger partial charge in [0.05, 0.1) is 28.1 Å². The zero-order valence-corrected chi connectivity index (χ0v) is 17.4. The summed E-state index contributed by atoms with van der Waals surface area (Å²) in [4.78, 5) is 21.5. The van der Waals surface area contributed by atoms with E-state index in [0.717, 1.165) is 37.5 Å². The van der Waals surface area contributed by atoms with Crippen LogP contribution in [0.5, 0.6) is 5.75 Å². The van der Waals surface area contributed by atoms with Gasteiger partial charge in [0.1, 0.15) is 11.3 Å². The van der Waals surface area contributed by atoms with Gasteiger partial charge >= 0.3 is 0 Å². The number of methoxy groups -OCH3 is 1. The number of aromatic nitrogens is 2. The Hall–Kier alpha value is -2.64. The first-order chi connectivity index (χ1) is 13.5. The average molecular weight is 410 g/mol. The molecule has 28 heavy (non-hydrogen) atoms. The number of ether oxygens (including phenoxy) is 1. The van der Waals surface area contributed by atoms with E-state index in [-0.39, 0.29) is 11.7 Å². The molecule has 7 heteroatoms. The lowest BCUT2D eigenvalue weighted by atomic mass is 10.1. The van der Waals surface area contributed by atoms with Gasteiger partial charge in [0.15, 0.2) is 5.13 Å². The molecule has 0 saturated heterocycles. The summed E-state index contributed by atoms with van der Waals surface area (Å²) < 4.78 is 6.49. The van der Waals surface area contributed by atoms with Crippen molar-refractivity contribution in [3.8, 4) is 5.75 Å². The molecule has 0 saturated carbocycles. The Labute approximate surface area is 171 Å². The Bertz CT molecular complexity index is 1190. The van der Waals surface area contributed by atoms with Gasteiger partial charge in [-0.2, -0.15) is 0 Å². The van der Waals surface area contributed by atoms with Crippen LogP contribution >= 0.6 is 23.1 Å². The number of nitrogens with one attached hydrogen (secondary N) is 1. The van der Waals surface area contributed by atoms with E-state index in [2.05, 4.69) is 21.4 Å². The monoisotopic (exact) mass is 409 g/mol. The zero-order chi connectivity index (χ0) is 19.7. The van der Waals surface area contributed by atoms with Crippen LogP contribution in [0, 0.1) is 13.8 Å². The van der Waals surface area contributed by atoms with E-state index in [9.17, 15) is 4.79 Å². The van der Waals surface area contributed by atoms with Crippen LogP contribution in [0.3, 0.4) is 0 Å². The molecule has 0 fully saturated rings. The fourth-order valence-electron chi connectivity index (χ4n) is 2.98. The maximum absolute atomic E-state index is 12.4. The topological polar surface area (TPSA) is 64.1 Å². The summed E-state index contributed by atoms with van der Waals surface area (Å²) in [5, 5.41) is 5.36. The molecule has 0 aliphatic heterocycles. The molecule has 0 bridgehead atoms. The smallest absolute Gasteiger partial charge is 0.236 e. The van der Waals surface area contributed by atoms with Crippen molar-refractivity contribution in [3.63, 3.8) is 0 Å². The first-order valence-electron chi connectivity index (χ1n) is 8.77. The zero-order valence-electron chi connectivity index (χ0n) is 15.8. The highest BCUT2D eigenvalue weighted by Crippen LogP contribution is 2.30. The van der Waals surface area contributed by atoms with Crippen LogP contribution in [-0.4, -0.2) is 28.7 Å². The van der Waals surface area contributed by atoms with E-state index >= 15 is 0 Å². The number of carbonyl (C=O) groups excluding carboxylic acids is 1. The number of anilines is 1. The maximum Gasteiger partial charge on any atom is 0.236 e. The normalized spacial score (nSPS) is 11.1. The van der Waals surface area contributed by atoms with Crippen molar-refractivity contribution in [1.29, 1.82) is 0 Å². The second-order valence-corrected chi connectivity index (χ2v) is 8.49. The van der Waals surface area contributed by atoms with E-state index in [4.69, 9.17) is 4.74 Å². The number of pyridine rings is 1. The van der Waals surface area contributed by atoms with Gasteiger partial charge in [-0.15, -0.1) is 0 Å². The number of hydrogen-bond donors (Lipinski definition) is 1. The van der Waals surface area contributed by atoms with Crippen LogP contribution in [0.15, 0.2) is 47.5 Å². The lowest BCUT2D eigenvalue weighted by Gasteiger charge is -2.09. The summed E-state index contributed by atoms with van der Waals surface area (Å²) in [6.45, 7) is 4.08. The van der Waals surface area contributed by atoms with Gasteiger partial charge in [-0.05, 0) is 49.2 Å². The van der Waals surface area contributed by atoms with Gasteiger partial charge in [-0.1, -0.05) is 41.3 Å². The lowest BCUT2D eigenvalue weighted by Crippen LogP contribution is -2.13. The first kappa shape index (κ1) is 18.7. The Morgan fingerprint density at radius 3 is 2.86 bits per heavy atom. The summed E-state index contributed by atoms with van der Waals surface area (Å²) in [7, 11) is 1.64. The third-order valence-electron chi connectivity index (χ3n) is 4.35. The average Bonchev–Trinajstić information content (AvgIpc) is 3.07. The van der Waals surface area contributed by atoms with Crippen LogP contribution in [0.25, 0.3) is 21.1 Å². The number of hydrogen-bond acceptors (Lipinski definition) is 6. The summed E-state index contributed by atoms with van der Waals surface area (Å²) in [5.41, 5.74) is 4.00. The maximum atomic E-state index is 12.4. The van der Waals surface area contributed by atoms with Crippen LogP contribution in [0.2, 0.25) is 0 Å². The molecule has 2 aromatic carbocycles. The van der Waals surface area contributed by atoms with E-state index < -0.39 is 0 Å². The van der Waals surface area contributed by atoms with Crippen LogP contribution in [0.1, 0.15) is 11.1 Å². The minimum absolute atomic E-state index is 0.0969. The van der Waals surface area contributed by atoms with Crippen molar-refractivity contribution >= 4 is 55.3 Å².